The highest BCUT2D eigenvalue weighted by Crippen LogP contribution is 2.15. The zero-order valence-corrected chi connectivity index (χ0v) is 13.5. The van der Waals surface area contributed by atoms with E-state index < -0.39 is 5.91 Å². The van der Waals surface area contributed by atoms with Crippen LogP contribution in [0.5, 0.6) is 0 Å². The van der Waals surface area contributed by atoms with Crippen LogP contribution in [-0.2, 0) is 4.79 Å². The third-order valence-electron chi connectivity index (χ3n) is 3.47. The molecule has 0 heterocycles. The quantitative estimate of drug-likeness (QED) is 0.394. The molecule has 6 heteroatoms. The predicted molar refractivity (Wildman–Crippen MR) is 94.0 cm³/mol. The van der Waals surface area contributed by atoms with Crippen LogP contribution in [0.15, 0.2) is 48.5 Å². The SMILES string of the molecule is Cc1ccc(NC(=O)Nc2ccc(/C=C/C(=O)NO)cc2)cc1C. The first-order valence-electron chi connectivity index (χ1n) is 7.35. The molecule has 0 saturated carbocycles. The number of hydroxylamine groups is 1. The van der Waals surface area contributed by atoms with Gasteiger partial charge in [0, 0.05) is 17.5 Å². The van der Waals surface area contributed by atoms with Crippen LogP contribution in [0.2, 0.25) is 0 Å². The van der Waals surface area contributed by atoms with Crippen molar-refractivity contribution in [2.75, 3.05) is 10.6 Å². The van der Waals surface area contributed by atoms with Crippen molar-refractivity contribution in [2.24, 2.45) is 0 Å². The fraction of sp³-hybridized carbons (Fsp3) is 0.111. The van der Waals surface area contributed by atoms with Gasteiger partial charge < -0.3 is 10.6 Å². The van der Waals surface area contributed by atoms with Gasteiger partial charge in [0.1, 0.15) is 0 Å². The molecule has 0 radical (unpaired) electrons. The second-order valence-electron chi connectivity index (χ2n) is 5.31. The Hall–Kier alpha value is -3.12. The minimum atomic E-state index is -0.607. The van der Waals surface area contributed by atoms with Crippen LogP contribution in [0, 0.1) is 13.8 Å². The predicted octanol–water partition coefficient (Wildman–Crippen LogP) is 3.47. The normalized spacial score (nSPS) is 10.5. The van der Waals surface area contributed by atoms with Crippen molar-refractivity contribution in [3.05, 3.63) is 65.2 Å². The molecule has 2 aromatic rings. The second-order valence-corrected chi connectivity index (χ2v) is 5.31. The molecule has 24 heavy (non-hydrogen) atoms. The standard InChI is InChI=1S/C18H19N3O3/c1-12-3-7-16(11-13(12)2)20-18(23)19-15-8-4-14(5-9-15)6-10-17(22)21-24/h3-11,24H,1-2H3,(H,21,22)(H2,19,20,23)/b10-6+. The summed E-state index contributed by atoms with van der Waals surface area (Å²) in [5.74, 6) is -0.607. The van der Waals surface area contributed by atoms with Gasteiger partial charge in [-0.25, -0.2) is 10.3 Å². The Kier molecular flexibility index (Phi) is 5.70. The van der Waals surface area contributed by atoms with E-state index in [1.165, 1.54) is 17.1 Å². The summed E-state index contributed by atoms with van der Waals surface area (Å²) in [5.41, 5.74) is 5.90. The smallest absolute Gasteiger partial charge is 0.308 e. The molecule has 0 unspecified atom stereocenters. The number of hydrogen-bond donors (Lipinski definition) is 4. The van der Waals surface area contributed by atoms with E-state index in [4.69, 9.17) is 5.21 Å². The lowest BCUT2D eigenvalue weighted by Crippen LogP contribution is -2.19. The molecule has 0 atom stereocenters. The molecule has 0 aromatic heterocycles. The van der Waals surface area contributed by atoms with Crippen LogP contribution >= 0.6 is 0 Å². The van der Waals surface area contributed by atoms with Crippen LogP contribution in [0.3, 0.4) is 0 Å². The monoisotopic (exact) mass is 325 g/mol. The zero-order valence-electron chi connectivity index (χ0n) is 13.5. The molecule has 0 fully saturated rings. The molecule has 6 nitrogen and oxygen atoms in total. The summed E-state index contributed by atoms with van der Waals surface area (Å²) in [5, 5.41) is 13.9. The fourth-order valence-electron chi connectivity index (χ4n) is 2.00. The highest BCUT2D eigenvalue weighted by Gasteiger charge is 2.03. The van der Waals surface area contributed by atoms with E-state index in [0.717, 1.165) is 16.8 Å². The molecule has 0 saturated heterocycles. The first-order chi connectivity index (χ1) is 11.5. The van der Waals surface area contributed by atoms with Crippen LogP contribution in [0.25, 0.3) is 6.08 Å². The van der Waals surface area contributed by atoms with E-state index in [9.17, 15) is 9.59 Å². The van der Waals surface area contributed by atoms with E-state index in [0.29, 0.717) is 5.69 Å². The lowest BCUT2D eigenvalue weighted by Gasteiger charge is -2.09. The van der Waals surface area contributed by atoms with E-state index in [2.05, 4.69) is 10.6 Å². The number of benzene rings is 2. The van der Waals surface area contributed by atoms with Crippen molar-refractivity contribution in [1.29, 1.82) is 0 Å². The minimum Gasteiger partial charge on any atom is -0.308 e. The van der Waals surface area contributed by atoms with Crippen molar-refractivity contribution in [3.63, 3.8) is 0 Å². The summed E-state index contributed by atoms with van der Waals surface area (Å²) >= 11 is 0. The first-order valence-corrected chi connectivity index (χ1v) is 7.35. The summed E-state index contributed by atoms with van der Waals surface area (Å²) in [6, 6.07) is 12.3. The molecule has 3 amide bonds. The summed E-state index contributed by atoms with van der Waals surface area (Å²) in [4.78, 5) is 22.9. The number of aryl methyl sites for hydroxylation is 2. The lowest BCUT2D eigenvalue weighted by atomic mass is 10.1. The summed E-state index contributed by atoms with van der Waals surface area (Å²) < 4.78 is 0. The molecule has 2 rings (SSSR count). The molecule has 0 aliphatic heterocycles. The molecule has 0 aliphatic rings. The van der Waals surface area contributed by atoms with Gasteiger partial charge in [-0.1, -0.05) is 18.2 Å². The number of urea groups is 1. The molecule has 0 aliphatic carbocycles. The molecule has 2 aromatic carbocycles. The number of amides is 3. The maximum absolute atomic E-state index is 12.0. The van der Waals surface area contributed by atoms with E-state index in [-0.39, 0.29) is 6.03 Å². The van der Waals surface area contributed by atoms with E-state index in [1.807, 2.05) is 32.0 Å². The van der Waals surface area contributed by atoms with Crippen LogP contribution in [-0.4, -0.2) is 17.1 Å². The number of carbonyl (C=O) groups excluding carboxylic acids is 2. The van der Waals surface area contributed by atoms with Gasteiger partial charge >= 0.3 is 6.03 Å². The molecular formula is C18H19N3O3. The maximum atomic E-state index is 12.0. The average molecular weight is 325 g/mol. The van der Waals surface area contributed by atoms with E-state index >= 15 is 0 Å². The van der Waals surface area contributed by atoms with Gasteiger partial charge in [-0.2, -0.15) is 0 Å². The fourth-order valence-corrected chi connectivity index (χ4v) is 2.00. The molecular weight excluding hydrogens is 306 g/mol. The Bertz CT molecular complexity index is 768. The van der Waals surface area contributed by atoms with Crippen molar-refractivity contribution in [3.8, 4) is 0 Å². The van der Waals surface area contributed by atoms with Crippen LogP contribution in [0.1, 0.15) is 16.7 Å². The van der Waals surface area contributed by atoms with Gasteiger partial charge in [-0.3, -0.25) is 10.0 Å². The number of hydrogen-bond acceptors (Lipinski definition) is 3. The topological polar surface area (TPSA) is 90.5 Å². The highest BCUT2D eigenvalue weighted by atomic mass is 16.5. The minimum absolute atomic E-state index is 0.332. The molecule has 124 valence electrons. The van der Waals surface area contributed by atoms with Crippen LogP contribution in [0.4, 0.5) is 16.2 Å². The lowest BCUT2D eigenvalue weighted by molar-refractivity contribution is -0.124. The van der Waals surface area contributed by atoms with Gasteiger partial charge in [-0.15, -0.1) is 0 Å². The number of anilines is 2. The summed E-state index contributed by atoms with van der Waals surface area (Å²) in [7, 11) is 0. The Morgan fingerprint density at radius 2 is 1.54 bits per heavy atom. The number of carbonyl (C=O) groups is 2. The largest absolute Gasteiger partial charge is 0.323 e. The Morgan fingerprint density at radius 1 is 0.917 bits per heavy atom. The molecule has 0 spiro atoms. The van der Waals surface area contributed by atoms with Gasteiger partial charge in [-0.05, 0) is 60.9 Å². The molecule has 0 bridgehead atoms. The average Bonchev–Trinajstić information content (AvgIpc) is 2.57. The third-order valence-corrected chi connectivity index (χ3v) is 3.47. The first kappa shape index (κ1) is 17.2. The Balaban J connectivity index is 1.95. The van der Waals surface area contributed by atoms with Crippen molar-refractivity contribution in [1.82, 2.24) is 5.48 Å². The van der Waals surface area contributed by atoms with Crippen molar-refractivity contribution in [2.45, 2.75) is 13.8 Å². The third kappa shape index (κ3) is 4.96. The zero-order chi connectivity index (χ0) is 17.5. The Labute approximate surface area is 140 Å². The summed E-state index contributed by atoms with van der Waals surface area (Å²) in [6.45, 7) is 4.00. The number of nitrogens with one attached hydrogen (secondary N) is 3. The van der Waals surface area contributed by atoms with E-state index in [1.54, 1.807) is 30.3 Å². The van der Waals surface area contributed by atoms with Gasteiger partial charge in [0.05, 0.1) is 0 Å². The number of rotatable bonds is 4. The maximum Gasteiger partial charge on any atom is 0.323 e. The Morgan fingerprint density at radius 3 is 2.17 bits per heavy atom. The van der Waals surface area contributed by atoms with Crippen molar-refractivity contribution >= 4 is 29.4 Å². The highest BCUT2D eigenvalue weighted by molar-refractivity contribution is 5.99. The molecule has 4 N–H and O–H groups in total. The van der Waals surface area contributed by atoms with Crippen molar-refractivity contribution < 1.29 is 14.8 Å². The van der Waals surface area contributed by atoms with Gasteiger partial charge in [0.25, 0.3) is 5.91 Å². The second kappa shape index (κ2) is 7.94. The summed E-state index contributed by atoms with van der Waals surface area (Å²) in [6.07, 6.45) is 2.75. The van der Waals surface area contributed by atoms with Gasteiger partial charge in [0.15, 0.2) is 0 Å². The van der Waals surface area contributed by atoms with Gasteiger partial charge in [0.2, 0.25) is 0 Å². The van der Waals surface area contributed by atoms with Crippen LogP contribution < -0.4 is 16.1 Å².